The van der Waals surface area contributed by atoms with Crippen molar-refractivity contribution in [1.29, 1.82) is 0 Å². The Morgan fingerprint density at radius 3 is 2.62 bits per heavy atom. The van der Waals surface area contributed by atoms with Crippen LogP contribution in [0.1, 0.15) is 11.1 Å². The highest BCUT2D eigenvalue weighted by Crippen LogP contribution is 2.29. The molecule has 0 aliphatic carbocycles. The van der Waals surface area contributed by atoms with Crippen molar-refractivity contribution in [3.8, 4) is 0 Å². The lowest BCUT2D eigenvalue weighted by Gasteiger charge is -2.15. The van der Waals surface area contributed by atoms with Crippen LogP contribution in [0.15, 0.2) is 67.0 Å². The molecule has 2 aromatic carbocycles. The standard InChI is InChI=1S/C20H13Cl2N3O/c21-16-8-7-14(10-17(16)22)24-19-15-5-1-2-6-18(15)25(20(19)26)12-13-4-3-9-23-11-13/h1-11H,12H2/p+1. The highest BCUT2D eigenvalue weighted by molar-refractivity contribution is 6.52. The van der Waals surface area contributed by atoms with Crippen molar-refractivity contribution in [3.63, 3.8) is 0 Å². The molecule has 4 rings (SSSR count). The van der Waals surface area contributed by atoms with E-state index in [0.29, 0.717) is 28.0 Å². The molecule has 26 heavy (non-hydrogen) atoms. The molecule has 1 N–H and O–H groups in total. The lowest BCUT2D eigenvalue weighted by atomic mass is 10.1. The van der Waals surface area contributed by atoms with E-state index in [2.05, 4.69) is 9.98 Å². The molecule has 128 valence electrons. The number of pyridine rings is 1. The van der Waals surface area contributed by atoms with Gasteiger partial charge in [0.25, 0.3) is 5.71 Å². The third-order valence-electron chi connectivity index (χ3n) is 4.18. The van der Waals surface area contributed by atoms with E-state index in [1.54, 1.807) is 35.5 Å². The summed E-state index contributed by atoms with van der Waals surface area (Å²) in [6.07, 6.45) is 3.48. The first kappa shape index (κ1) is 16.8. The molecule has 0 saturated carbocycles. The maximum absolute atomic E-state index is 13.1. The molecule has 0 saturated heterocycles. The molecule has 0 radical (unpaired) electrons. The average molecular weight is 383 g/mol. The number of aromatic nitrogens is 1. The number of halogens is 2. The summed E-state index contributed by atoms with van der Waals surface area (Å²) < 4.78 is 0. The van der Waals surface area contributed by atoms with Gasteiger partial charge in [0.2, 0.25) is 5.69 Å². The van der Waals surface area contributed by atoms with E-state index < -0.39 is 0 Å². The summed E-state index contributed by atoms with van der Waals surface area (Å²) in [5.41, 5.74) is 3.91. The van der Waals surface area contributed by atoms with Crippen LogP contribution in [-0.4, -0.2) is 16.6 Å². The number of rotatable bonds is 3. The van der Waals surface area contributed by atoms with Crippen LogP contribution in [-0.2, 0) is 11.3 Å². The normalized spacial score (nSPS) is 14.8. The fourth-order valence-electron chi connectivity index (χ4n) is 2.95. The van der Waals surface area contributed by atoms with Crippen LogP contribution in [0.25, 0.3) is 0 Å². The summed E-state index contributed by atoms with van der Waals surface area (Å²) in [5, 5.41) is 0.904. The monoisotopic (exact) mass is 382 g/mol. The Morgan fingerprint density at radius 2 is 1.85 bits per heavy atom. The highest BCUT2D eigenvalue weighted by Gasteiger charge is 2.38. The number of carbonyl (C=O) groups is 1. The van der Waals surface area contributed by atoms with Crippen molar-refractivity contribution in [2.45, 2.75) is 6.54 Å². The molecule has 0 atom stereocenters. The zero-order valence-electron chi connectivity index (χ0n) is 13.6. The van der Waals surface area contributed by atoms with Gasteiger partial charge in [-0.3, -0.25) is 14.7 Å². The van der Waals surface area contributed by atoms with Gasteiger partial charge in [0.15, 0.2) is 0 Å². The predicted molar refractivity (Wildman–Crippen MR) is 103 cm³/mol. The number of benzene rings is 2. The van der Waals surface area contributed by atoms with Crippen molar-refractivity contribution in [2.24, 2.45) is 0 Å². The van der Waals surface area contributed by atoms with Gasteiger partial charge in [0.05, 0.1) is 27.8 Å². The van der Waals surface area contributed by atoms with Crippen LogP contribution in [0, 0.1) is 0 Å². The average Bonchev–Trinajstić information content (AvgIpc) is 2.92. The topological polar surface area (TPSA) is 47.2 Å². The molecule has 1 amide bonds. The van der Waals surface area contributed by atoms with Crippen LogP contribution < -0.4 is 9.89 Å². The number of nitrogens with one attached hydrogen (secondary N) is 1. The minimum Gasteiger partial charge on any atom is -0.298 e. The maximum atomic E-state index is 13.1. The third-order valence-corrected chi connectivity index (χ3v) is 4.91. The first-order valence-electron chi connectivity index (χ1n) is 8.02. The maximum Gasteiger partial charge on any atom is 0.324 e. The summed E-state index contributed by atoms with van der Waals surface area (Å²) in [6.45, 7) is 0.455. The summed E-state index contributed by atoms with van der Waals surface area (Å²) in [4.78, 5) is 22.1. The summed E-state index contributed by atoms with van der Waals surface area (Å²) in [6, 6.07) is 16.7. The molecule has 1 aliphatic heterocycles. The number of carbonyl (C=O) groups excluding carboxylic acids is 1. The molecular formula is C20H14Cl2N3O+. The van der Waals surface area contributed by atoms with Gasteiger partial charge >= 0.3 is 5.91 Å². The molecule has 4 nitrogen and oxygen atoms in total. The molecule has 3 aromatic rings. The Kier molecular flexibility index (Phi) is 4.45. The number of nitrogens with zero attached hydrogens (tertiary/aromatic N) is 2. The number of hydrogen-bond donors (Lipinski definition) is 1. The van der Waals surface area contributed by atoms with E-state index in [0.717, 1.165) is 16.8 Å². The molecule has 1 aliphatic rings. The van der Waals surface area contributed by atoms with E-state index in [1.165, 1.54) is 0 Å². The quantitative estimate of drug-likeness (QED) is 0.756. The number of hydrogen-bond acceptors (Lipinski definition) is 2. The first-order valence-corrected chi connectivity index (χ1v) is 8.78. The molecule has 0 spiro atoms. The van der Waals surface area contributed by atoms with E-state index in [1.807, 2.05) is 36.4 Å². The van der Waals surface area contributed by atoms with Crippen LogP contribution in [0.2, 0.25) is 10.0 Å². The molecule has 0 fully saturated rings. The van der Waals surface area contributed by atoms with Crippen molar-refractivity contribution in [1.82, 2.24) is 4.98 Å². The Labute approximate surface area is 160 Å². The second-order valence-corrected chi connectivity index (χ2v) is 6.71. The largest absolute Gasteiger partial charge is 0.324 e. The number of amides is 1. The minimum atomic E-state index is -0.0962. The van der Waals surface area contributed by atoms with Gasteiger partial charge in [-0.15, -0.1) is 0 Å². The summed E-state index contributed by atoms with van der Waals surface area (Å²) >= 11 is 12.1. The minimum absolute atomic E-state index is 0.0962. The zero-order chi connectivity index (χ0) is 18.1. The molecule has 0 unspecified atom stereocenters. The van der Waals surface area contributed by atoms with E-state index >= 15 is 0 Å². The second-order valence-electron chi connectivity index (χ2n) is 5.90. The van der Waals surface area contributed by atoms with Gasteiger partial charge in [-0.25, -0.2) is 0 Å². The summed E-state index contributed by atoms with van der Waals surface area (Å²) in [5.74, 6) is -0.0962. The van der Waals surface area contributed by atoms with Crippen molar-refractivity contribution >= 4 is 46.2 Å². The van der Waals surface area contributed by atoms with Crippen molar-refractivity contribution < 1.29 is 9.79 Å². The number of fused-ring (bicyclic) bond motifs is 1. The molecule has 0 bridgehead atoms. The van der Waals surface area contributed by atoms with Gasteiger partial charge in [-0.1, -0.05) is 41.4 Å². The van der Waals surface area contributed by atoms with E-state index in [9.17, 15) is 4.79 Å². The van der Waals surface area contributed by atoms with E-state index in [4.69, 9.17) is 23.2 Å². The number of anilines is 1. The first-order chi connectivity index (χ1) is 12.6. The van der Waals surface area contributed by atoms with Gasteiger partial charge in [-0.05, 0) is 29.8 Å². The van der Waals surface area contributed by atoms with Gasteiger partial charge in [-0.2, -0.15) is 4.99 Å². The number of para-hydroxylation sites is 1. The van der Waals surface area contributed by atoms with Gasteiger partial charge < -0.3 is 0 Å². The van der Waals surface area contributed by atoms with Crippen LogP contribution in [0.3, 0.4) is 0 Å². The second kappa shape index (κ2) is 6.90. The van der Waals surface area contributed by atoms with Crippen LogP contribution >= 0.6 is 23.2 Å². The van der Waals surface area contributed by atoms with Crippen LogP contribution in [0.5, 0.6) is 0 Å². The van der Waals surface area contributed by atoms with Crippen LogP contribution in [0.4, 0.5) is 11.4 Å². The predicted octanol–water partition coefficient (Wildman–Crippen LogP) is 3.14. The Morgan fingerprint density at radius 1 is 1.00 bits per heavy atom. The molecular weight excluding hydrogens is 369 g/mol. The van der Waals surface area contributed by atoms with Gasteiger partial charge in [0.1, 0.15) is 0 Å². The Bertz CT molecular complexity index is 1020. The van der Waals surface area contributed by atoms with E-state index in [-0.39, 0.29) is 5.91 Å². The Hall–Kier alpha value is -2.69. The SMILES string of the molecule is O=C1C(=[NH+]c2ccc(Cl)c(Cl)c2)c2ccccc2N1Cc1cccnc1. The summed E-state index contributed by atoms with van der Waals surface area (Å²) in [7, 11) is 0. The fraction of sp³-hybridized carbons (Fsp3) is 0.0500. The third kappa shape index (κ3) is 3.09. The van der Waals surface area contributed by atoms with Crippen molar-refractivity contribution in [3.05, 3.63) is 88.2 Å². The van der Waals surface area contributed by atoms with Crippen molar-refractivity contribution in [2.75, 3.05) is 4.90 Å². The zero-order valence-corrected chi connectivity index (χ0v) is 15.1. The fourth-order valence-corrected chi connectivity index (χ4v) is 3.25. The lowest BCUT2D eigenvalue weighted by Crippen LogP contribution is -2.68. The highest BCUT2D eigenvalue weighted by atomic mass is 35.5. The van der Waals surface area contributed by atoms with Gasteiger partial charge in [0, 0.05) is 24.5 Å². The Balaban J connectivity index is 1.76. The molecule has 2 heterocycles. The lowest BCUT2D eigenvalue weighted by molar-refractivity contribution is -0.352. The smallest absolute Gasteiger partial charge is 0.298 e. The molecule has 1 aromatic heterocycles. The molecule has 6 heteroatoms.